The molecule has 2 aliphatic carbocycles. The Morgan fingerprint density at radius 1 is 1.44 bits per heavy atom. The van der Waals surface area contributed by atoms with Gasteiger partial charge >= 0.3 is 0 Å². The average molecular weight is 232 g/mol. The van der Waals surface area contributed by atoms with Crippen molar-refractivity contribution in [3.63, 3.8) is 0 Å². The normalized spacial score (nSPS) is 21.7. The number of nitrogens with one attached hydrogen (secondary N) is 1. The first-order valence-electron chi connectivity index (χ1n) is 6.02. The molecule has 0 unspecified atom stereocenters. The van der Waals surface area contributed by atoms with Gasteiger partial charge in [-0.3, -0.25) is 0 Å². The number of rotatable bonds is 5. The minimum Gasteiger partial charge on any atom is -0.311 e. The Bertz CT molecular complexity index is 421. The second-order valence-corrected chi connectivity index (χ2v) is 6.29. The monoisotopic (exact) mass is 232 g/mol. The molecular weight excluding hydrogens is 216 g/mol. The summed E-state index contributed by atoms with van der Waals surface area (Å²) in [6, 6.07) is 6.16. The molecule has 3 rings (SSSR count). The van der Waals surface area contributed by atoms with Gasteiger partial charge in [-0.2, -0.15) is 5.26 Å². The summed E-state index contributed by atoms with van der Waals surface area (Å²) in [6.07, 6.45) is 5.77. The van der Waals surface area contributed by atoms with Gasteiger partial charge in [0.25, 0.3) is 0 Å². The molecule has 0 atom stereocenters. The summed E-state index contributed by atoms with van der Waals surface area (Å²) < 4.78 is 0. The third-order valence-electron chi connectivity index (χ3n) is 3.88. The SMILES string of the molecule is N#Cc1ccc(CNCC2(C3CC3)CC2)s1. The Kier molecular flexibility index (Phi) is 2.49. The van der Waals surface area contributed by atoms with E-state index in [1.54, 1.807) is 11.3 Å². The quantitative estimate of drug-likeness (QED) is 0.847. The van der Waals surface area contributed by atoms with Crippen LogP contribution in [0.3, 0.4) is 0 Å². The molecule has 1 N–H and O–H groups in total. The van der Waals surface area contributed by atoms with E-state index in [9.17, 15) is 0 Å². The Balaban J connectivity index is 1.48. The van der Waals surface area contributed by atoms with E-state index in [4.69, 9.17) is 5.26 Å². The highest BCUT2D eigenvalue weighted by atomic mass is 32.1. The van der Waals surface area contributed by atoms with Gasteiger partial charge in [-0.1, -0.05) is 0 Å². The van der Waals surface area contributed by atoms with E-state index < -0.39 is 0 Å². The largest absolute Gasteiger partial charge is 0.311 e. The Hall–Kier alpha value is -0.850. The molecule has 2 fully saturated rings. The van der Waals surface area contributed by atoms with Crippen molar-refractivity contribution in [3.8, 4) is 6.07 Å². The van der Waals surface area contributed by atoms with Gasteiger partial charge in [-0.25, -0.2) is 0 Å². The van der Waals surface area contributed by atoms with Crippen LogP contribution in [0.5, 0.6) is 0 Å². The van der Waals surface area contributed by atoms with Crippen molar-refractivity contribution in [1.82, 2.24) is 5.32 Å². The predicted molar refractivity (Wildman–Crippen MR) is 65.1 cm³/mol. The zero-order valence-corrected chi connectivity index (χ0v) is 10.1. The van der Waals surface area contributed by atoms with Gasteiger partial charge in [-0.15, -0.1) is 11.3 Å². The molecule has 1 aromatic heterocycles. The molecule has 0 radical (unpaired) electrons. The molecule has 16 heavy (non-hydrogen) atoms. The van der Waals surface area contributed by atoms with Crippen LogP contribution in [0.4, 0.5) is 0 Å². The first kappa shape index (κ1) is 10.3. The fourth-order valence-corrected chi connectivity index (χ4v) is 3.33. The maximum absolute atomic E-state index is 8.74. The van der Waals surface area contributed by atoms with E-state index in [0.717, 1.165) is 17.3 Å². The van der Waals surface area contributed by atoms with Crippen molar-refractivity contribution in [1.29, 1.82) is 5.26 Å². The molecule has 1 heterocycles. The molecule has 2 saturated carbocycles. The topological polar surface area (TPSA) is 35.8 Å². The Labute approximate surface area is 100 Å². The van der Waals surface area contributed by atoms with Crippen LogP contribution in [0.15, 0.2) is 12.1 Å². The molecule has 0 spiro atoms. The van der Waals surface area contributed by atoms with E-state index in [1.807, 2.05) is 6.07 Å². The highest BCUT2D eigenvalue weighted by Gasteiger charge is 2.53. The second-order valence-electron chi connectivity index (χ2n) is 5.12. The lowest BCUT2D eigenvalue weighted by Crippen LogP contribution is -2.24. The molecule has 0 amide bonds. The van der Waals surface area contributed by atoms with Crippen LogP contribution in [0.2, 0.25) is 0 Å². The van der Waals surface area contributed by atoms with Crippen molar-refractivity contribution in [2.24, 2.45) is 11.3 Å². The smallest absolute Gasteiger partial charge is 0.110 e. The number of nitrogens with zero attached hydrogens (tertiary/aromatic N) is 1. The van der Waals surface area contributed by atoms with Crippen LogP contribution < -0.4 is 5.32 Å². The Morgan fingerprint density at radius 2 is 2.25 bits per heavy atom. The van der Waals surface area contributed by atoms with Crippen LogP contribution in [0, 0.1) is 22.7 Å². The van der Waals surface area contributed by atoms with Gasteiger partial charge in [0.2, 0.25) is 0 Å². The zero-order valence-electron chi connectivity index (χ0n) is 9.33. The van der Waals surface area contributed by atoms with Gasteiger partial charge in [0.1, 0.15) is 10.9 Å². The average Bonchev–Trinajstić information content (AvgIpc) is 3.17. The molecular formula is C13H16N2S. The van der Waals surface area contributed by atoms with E-state index in [0.29, 0.717) is 5.41 Å². The summed E-state index contributed by atoms with van der Waals surface area (Å²) in [7, 11) is 0. The van der Waals surface area contributed by atoms with E-state index in [1.165, 1.54) is 37.1 Å². The number of hydrogen-bond donors (Lipinski definition) is 1. The molecule has 84 valence electrons. The van der Waals surface area contributed by atoms with Crippen LogP contribution >= 0.6 is 11.3 Å². The zero-order chi connectivity index (χ0) is 11.0. The summed E-state index contributed by atoms with van der Waals surface area (Å²) >= 11 is 1.60. The molecule has 0 aromatic carbocycles. The van der Waals surface area contributed by atoms with E-state index in [2.05, 4.69) is 17.5 Å². The Morgan fingerprint density at radius 3 is 2.81 bits per heavy atom. The predicted octanol–water partition coefficient (Wildman–Crippen LogP) is 2.90. The van der Waals surface area contributed by atoms with Gasteiger partial charge < -0.3 is 5.32 Å². The number of hydrogen-bond acceptors (Lipinski definition) is 3. The fourth-order valence-electron chi connectivity index (χ4n) is 2.55. The van der Waals surface area contributed by atoms with Crippen molar-refractivity contribution < 1.29 is 0 Å². The molecule has 1 aromatic rings. The van der Waals surface area contributed by atoms with Gasteiger partial charge in [0.05, 0.1) is 0 Å². The third-order valence-corrected chi connectivity index (χ3v) is 4.87. The van der Waals surface area contributed by atoms with Crippen LogP contribution in [-0.2, 0) is 6.54 Å². The summed E-state index contributed by atoms with van der Waals surface area (Å²) in [4.78, 5) is 2.10. The standard InChI is InChI=1S/C13H16N2S/c14-7-11-3-4-12(16-11)8-15-9-13(5-6-13)10-1-2-10/h3-4,10,15H,1-2,5-6,8-9H2. The van der Waals surface area contributed by atoms with Gasteiger partial charge in [-0.05, 0) is 49.1 Å². The minimum absolute atomic E-state index is 0.676. The molecule has 2 nitrogen and oxygen atoms in total. The first-order valence-corrected chi connectivity index (χ1v) is 6.84. The second kappa shape index (κ2) is 3.87. The molecule has 0 bridgehead atoms. The lowest BCUT2D eigenvalue weighted by Gasteiger charge is -2.14. The van der Waals surface area contributed by atoms with Crippen LogP contribution in [-0.4, -0.2) is 6.54 Å². The lowest BCUT2D eigenvalue weighted by atomic mass is 10.0. The molecule has 0 saturated heterocycles. The fraction of sp³-hybridized carbons (Fsp3) is 0.615. The highest BCUT2D eigenvalue weighted by Crippen LogP contribution is 2.60. The summed E-state index contributed by atoms with van der Waals surface area (Å²) in [5.41, 5.74) is 0.676. The number of nitriles is 1. The van der Waals surface area contributed by atoms with Gasteiger partial charge in [0.15, 0.2) is 0 Å². The third kappa shape index (κ3) is 2.00. The summed E-state index contributed by atoms with van der Waals surface area (Å²) in [6.45, 7) is 2.11. The van der Waals surface area contributed by atoms with E-state index >= 15 is 0 Å². The molecule has 3 heteroatoms. The minimum atomic E-state index is 0.676. The number of thiophene rings is 1. The summed E-state index contributed by atoms with van der Waals surface area (Å²) in [5, 5.41) is 12.3. The van der Waals surface area contributed by atoms with Crippen molar-refractivity contribution in [3.05, 3.63) is 21.9 Å². The van der Waals surface area contributed by atoms with Crippen molar-refractivity contribution in [2.75, 3.05) is 6.54 Å². The van der Waals surface area contributed by atoms with Gasteiger partial charge in [0, 0.05) is 18.0 Å². The van der Waals surface area contributed by atoms with Crippen molar-refractivity contribution >= 4 is 11.3 Å². The summed E-state index contributed by atoms with van der Waals surface area (Å²) in [5.74, 6) is 1.03. The molecule has 2 aliphatic rings. The maximum Gasteiger partial charge on any atom is 0.110 e. The maximum atomic E-state index is 8.74. The van der Waals surface area contributed by atoms with Crippen LogP contribution in [0.25, 0.3) is 0 Å². The lowest BCUT2D eigenvalue weighted by molar-refractivity contribution is 0.404. The van der Waals surface area contributed by atoms with Crippen LogP contribution in [0.1, 0.15) is 35.4 Å². The first-order chi connectivity index (χ1) is 7.82. The molecule has 0 aliphatic heterocycles. The van der Waals surface area contributed by atoms with Crippen molar-refractivity contribution in [2.45, 2.75) is 32.2 Å². The highest BCUT2D eigenvalue weighted by molar-refractivity contribution is 7.12. The van der Waals surface area contributed by atoms with E-state index in [-0.39, 0.29) is 0 Å².